The Labute approximate surface area is 186 Å². The molecule has 1 amide bonds. The molecule has 1 aromatic heterocycles. The van der Waals surface area contributed by atoms with Crippen molar-refractivity contribution >= 4 is 11.6 Å². The summed E-state index contributed by atoms with van der Waals surface area (Å²) in [7, 11) is 3.05. The summed E-state index contributed by atoms with van der Waals surface area (Å²) in [6, 6.07) is 16.8. The number of hydrogen-bond acceptors (Lipinski definition) is 6. The zero-order valence-electron chi connectivity index (χ0n) is 18.4. The van der Waals surface area contributed by atoms with Crippen LogP contribution in [0.4, 0.5) is 5.69 Å². The molecule has 166 valence electrons. The van der Waals surface area contributed by atoms with E-state index < -0.39 is 5.43 Å². The molecule has 0 bridgehead atoms. The van der Waals surface area contributed by atoms with Crippen molar-refractivity contribution in [1.82, 2.24) is 14.7 Å². The smallest absolute Gasteiger partial charge is 0.278 e. The van der Waals surface area contributed by atoms with Gasteiger partial charge in [0.15, 0.2) is 5.69 Å². The van der Waals surface area contributed by atoms with Crippen LogP contribution in [0, 0.1) is 6.92 Å². The van der Waals surface area contributed by atoms with Gasteiger partial charge in [0, 0.05) is 31.9 Å². The van der Waals surface area contributed by atoms with Gasteiger partial charge in [0.1, 0.15) is 5.75 Å². The van der Waals surface area contributed by atoms with Crippen molar-refractivity contribution < 1.29 is 14.3 Å². The van der Waals surface area contributed by atoms with E-state index in [2.05, 4.69) is 41.2 Å². The van der Waals surface area contributed by atoms with E-state index in [1.807, 2.05) is 0 Å². The number of nitrogens with zero attached hydrogens (tertiary/aromatic N) is 4. The summed E-state index contributed by atoms with van der Waals surface area (Å²) in [5, 5.41) is 4.36. The number of aryl methyl sites for hydroxylation is 1. The molecule has 0 unspecified atom stereocenters. The maximum atomic E-state index is 13.2. The highest BCUT2D eigenvalue weighted by molar-refractivity contribution is 5.92. The summed E-state index contributed by atoms with van der Waals surface area (Å²) < 4.78 is 12.0. The zero-order valence-corrected chi connectivity index (χ0v) is 18.4. The number of methoxy groups -OCH3 is 2. The zero-order chi connectivity index (χ0) is 22.7. The van der Waals surface area contributed by atoms with Crippen molar-refractivity contribution in [2.75, 3.05) is 45.3 Å². The molecule has 8 nitrogen and oxygen atoms in total. The number of carbonyl (C=O) groups is 1. The van der Waals surface area contributed by atoms with Crippen molar-refractivity contribution in [2.45, 2.75) is 6.92 Å². The number of amides is 1. The lowest BCUT2D eigenvalue weighted by molar-refractivity contribution is 0.0737. The SMILES string of the molecule is COc1ccc(-n2nc(C(=O)N3CCN(c4ccc(C)cc4)CC3)c(=O)cc2OC)cc1. The molecule has 0 aliphatic carbocycles. The Morgan fingerprint density at radius 3 is 2.09 bits per heavy atom. The van der Waals surface area contributed by atoms with E-state index in [-0.39, 0.29) is 17.5 Å². The minimum Gasteiger partial charge on any atom is -0.497 e. The maximum Gasteiger partial charge on any atom is 0.278 e. The first-order valence-electron chi connectivity index (χ1n) is 10.4. The predicted molar refractivity (Wildman–Crippen MR) is 122 cm³/mol. The Balaban J connectivity index is 1.55. The molecule has 1 fully saturated rings. The fourth-order valence-electron chi connectivity index (χ4n) is 3.72. The van der Waals surface area contributed by atoms with E-state index in [9.17, 15) is 9.59 Å². The van der Waals surface area contributed by atoms with Gasteiger partial charge in [0.25, 0.3) is 5.91 Å². The molecule has 4 rings (SSSR count). The molecule has 0 N–H and O–H groups in total. The summed E-state index contributed by atoms with van der Waals surface area (Å²) in [6.45, 7) is 4.47. The van der Waals surface area contributed by atoms with Crippen LogP contribution in [0.25, 0.3) is 5.69 Å². The Morgan fingerprint density at radius 2 is 1.50 bits per heavy atom. The Kier molecular flexibility index (Phi) is 6.11. The lowest BCUT2D eigenvalue weighted by atomic mass is 10.2. The first-order chi connectivity index (χ1) is 15.5. The number of rotatable bonds is 5. The van der Waals surface area contributed by atoms with Gasteiger partial charge >= 0.3 is 0 Å². The van der Waals surface area contributed by atoms with E-state index in [0.717, 1.165) is 5.69 Å². The van der Waals surface area contributed by atoms with Gasteiger partial charge in [-0.3, -0.25) is 9.59 Å². The number of carbonyl (C=O) groups excluding carboxylic acids is 1. The predicted octanol–water partition coefficient (Wildman–Crippen LogP) is 2.52. The number of anilines is 1. The first kappa shape index (κ1) is 21.4. The Hall–Kier alpha value is -3.81. The average Bonchev–Trinajstić information content (AvgIpc) is 2.84. The van der Waals surface area contributed by atoms with Crippen LogP contribution in [0.2, 0.25) is 0 Å². The summed E-state index contributed by atoms with van der Waals surface area (Å²) in [4.78, 5) is 29.7. The quantitative estimate of drug-likeness (QED) is 0.614. The lowest BCUT2D eigenvalue weighted by Crippen LogP contribution is -2.50. The number of piperazine rings is 1. The molecule has 1 aliphatic heterocycles. The molecule has 0 radical (unpaired) electrons. The Morgan fingerprint density at radius 1 is 0.875 bits per heavy atom. The molecule has 3 aromatic rings. The van der Waals surface area contributed by atoms with Crippen LogP contribution in [0.3, 0.4) is 0 Å². The van der Waals surface area contributed by atoms with Gasteiger partial charge in [-0.05, 0) is 43.3 Å². The van der Waals surface area contributed by atoms with Crippen LogP contribution in [-0.2, 0) is 0 Å². The van der Waals surface area contributed by atoms with Crippen molar-refractivity contribution in [3.8, 4) is 17.3 Å². The summed E-state index contributed by atoms with van der Waals surface area (Å²) in [5.74, 6) is 0.570. The van der Waals surface area contributed by atoms with Gasteiger partial charge in [0.2, 0.25) is 11.3 Å². The third-order valence-corrected chi connectivity index (χ3v) is 5.59. The van der Waals surface area contributed by atoms with Crippen LogP contribution in [0.1, 0.15) is 16.1 Å². The molecule has 1 aliphatic rings. The van der Waals surface area contributed by atoms with Gasteiger partial charge in [-0.2, -0.15) is 5.10 Å². The second-order valence-corrected chi connectivity index (χ2v) is 7.62. The molecule has 2 heterocycles. The molecular formula is C24H26N4O4. The topological polar surface area (TPSA) is 76.9 Å². The Bertz CT molecular complexity index is 1150. The van der Waals surface area contributed by atoms with Crippen LogP contribution in [0.15, 0.2) is 59.4 Å². The number of hydrogen-bond donors (Lipinski definition) is 0. The van der Waals surface area contributed by atoms with Crippen LogP contribution >= 0.6 is 0 Å². The molecule has 0 atom stereocenters. The number of ether oxygens (including phenoxy) is 2. The number of aromatic nitrogens is 2. The van der Waals surface area contributed by atoms with Crippen molar-refractivity contribution in [3.63, 3.8) is 0 Å². The summed E-state index contributed by atoms with van der Waals surface area (Å²) in [6.07, 6.45) is 0. The van der Waals surface area contributed by atoms with Crippen molar-refractivity contribution in [2.24, 2.45) is 0 Å². The highest BCUT2D eigenvalue weighted by Crippen LogP contribution is 2.20. The minimum absolute atomic E-state index is 0.120. The fourth-order valence-corrected chi connectivity index (χ4v) is 3.72. The van der Waals surface area contributed by atoms with Gasteiger partial charge in [0.05, 0.1) is 26.0 Å². The highest BCUT2D eigenvalue weighted by Gasteiger charge is 2.26. The van der Waals surface area contributed by atoms with Gasteiger partial charge in [-0.15, -0.1) is 0 Å². The van der Waals surface area contributed by atoms with Gasteiger partial charge in [-0.1, -0.05) is 17.7 Å². The molecule has 0 saturated carbocycles. The molecule has 0 spiro atoms. The molecular weight excluding hydrogens is 408 g/mol. The van der Waals surface area contributed by atoms with E-state index in [0.29, 0.717) is 37.6 Å². The molecule has 8 heteroatoms. The molecule has 1 saturated heterocycles. The van der Waals surface area contributed by atoms with Crippen LogP contribution in [0.5, 0.6) is 11.6 Å². The molecule has 2 aromatic carbocycles. The maximum absolute atomic E-state index is 13.2. The highest BCUT2D eigenvalue weighted by atomic mass is 16.5. The van der Waals surface area contributed by atoms with E-state index in [1.165, 1.54) is 23.4 Å². The van der Waals surface area contributed by atoms with E-state index >= 15 is 0 Å². The average molecular weight is 434 g/mol. The largest absolute Gasteiger partial charge is 0.497 e. The van der Waals surface area contributed by atoms with E-state index in [4.69, 9.17) is 9.47 Å². The van der Waals surface area contributed by atoms with Crippen molar-refractivity contribution in [1.29, 1.82) is 0 Å². The third kappa shape index (κ3) is 4.30. The monoisotopic (exact) mass is 434 g/mol. The fraction of sp³-hybridized carbons (Fsp3) is 0.292. The minimum atomic E-state index is -0.461. The van der Waals surface area contributed by atoms with Crippen LogP contribution in [-0.4, -0.2) is 61.0 Å². The normalized spacial score (nSPS) is 13.7. The summed E-state index contributed by atoms with van der Waals surface area (Å²) >= 11 is 0. The van der Waals surface area contributed by atoms with Crippen LogP contribution < -0.4 is 19.8 Å². The first-order valence-corrected chi connectivity index (χ1v) is 10.4. The second kappa shape index (κ2) is 9.13. The standard InChI is InChI=1S/C24H26N4O4/c1-17-4-6-18(7-5-17)26-12-14-27(15-13-26)24(30)23-21(29)16-22(32-3)28(25-23)19-8-10-20(31-2)11-9-19/h4-11,16H,12-15H2,1-3H3. The van der Waals surface area contributed by atoms with Gasteiger partial charge < -0.3 is 19.3 Å². The molecule has 32 heavy (non-hydrogen) atoms. The van der Waals surface area contributed by atoms with Crippen molar-refractivity contribution in [3.05, 3.63) is 76.1 Å². The van der Waals surface area contributed by atoms with Gasteiger partial charge in [-0.25, -0.2) is 4.68 Å². The third-order valence-electron chi connectivity index (χ3n) is 5.59. The summed E-state index contributed by atoms with van der Waals surface area (Å²) in [5.41, 5.74) is 2.41. The van der Waals surface area contributed by atoms with E-state index in [1.54, 1.807) is 36.3 Å². The second-order valence-electron chi connectivity index (χ2n) is 7.62. The lowest BCUT2D eigenvalue weighted by Gasteiger charge is -2.36. The number of benzene rings is 2.